The Morgan fingerprint density at radius 1 is 1.14 bits per heavy atom. The van der Waals surface area contributed by atoms with Gasteiger partial charge in [0.25, 0.3) is 0 Å². The van der Waals surface area contributed by atoms with E-state index in [0.29, 0.717) is 11.8 Å². The van der Waals surface area contributed by atoms with E-state index in [1.807, 2.05) is 37.3 Å². The van der Waals surface area contributed by atoms with Crippen molar-refractivity contribution in [2.45, 2.75) is 6.92 Å². The number of para-hydroxylation sites is 1. The number of hydrogen-bond acceptors (Lipinski definition) is 5. The molecule has 0 atom stereocenters. The van der Waals surface area contributed by atoms with E-state index in [-0.39, 0.29) is 0 Å². The summed E-state index contributed by atoms with van der Waals surface area (Å²) < 4.78 is 0.803. The first kappa shape index (κ1) is 13.8. The van der Waals surface area contributed by atoms with Crippen LogP contribution in [0.15, 0.2) is 47.2 Å². The molecule has 2 heterocycles. The monoisotopic (exact) mass is 343 g/mol. The second kappa shape index (κ2) is 6.05. The van der Waals surface area contributed by atoms with Crippen LogP contribution in [0.2, 0.25) is 0 Å². The van der Waals surface area contributed by atoms with Crippen LogP contribution < -0.4 is 10.6 Å². The van der Waals surface area contributed by atoms with Crippen molar-refractivity contribution in [3.63, 3.8) is 0 Å². The predicted molar refractivity (Wildman–Crippen MR) is 88.9 cm³/mol. The summed E-state index contributed by atoms with van der Waals surface area (Å²) in [5.41, 5.74) is 1.82. The number of aromatic nitrogens is 3. The van der Waals surface area contributed by atoms with Gasteiger partial charge in [-0.2, -0.15) is 4.98 Å². The second-order valence-corrected chi connectivity index (χ2v) is 5.28. The summed E-state index contributed by atoms with van der Waals surface area (Å²) in [6.07, 6.45) is 3.51. The molecule has 0 aliphatic carbocycles. The lowest BCUT2D eigenvalue weighted by atomic mass is 10.2. The van der Waals surface area contributed by atoms with Crippen molar-refractivity contribution in [1.29, 1.82) is 0 Å². The quantitative estimate of drug-likeness (QED) is 0.750. The van der Waals surface area contributed by atoms with E-state index in [2.05, 4.69) is 41.5 Å². The molecule has 0 spiro atoms. The standard InChI is InChI=1S/C15H14BrN5/c1-2-17-15-19-9-11(16)14(21-15)20-12-7-3-5-10-6-4-8-18-13(10)12/h3-9H,2H2,1H3,(H2,17,19,20,21). The molecule has 21 heavy (non-hydrogen) atoms. The lowest BCUT2D eigenvalue weighted by molar-refractivity contribution is 1.08. The summed E-state index contributed by atoms with van der Waals surface area (Å²) in [5.74, 6) is 1.30. The Morgan fingerprint density at radius 2 is 2.00 bits per heavy atom. The Hall–Kier alpha value is -2.21. The van der Waals surface area contributed by atoms with Crippen molar-refractivity contribution in [2.24, 2.45) is 0 Å². The first-order valence-corrected chi connectivity index (χ1v) is 7.44. The molecule has 0 bridgehead atoms. The largest absolute Gasteiger partial charge is 0.354 e. The van der Waals surface area contributed by atoms with Gasteiger partial charge in [0.05, 0.1) is 15.7 Å². The molecule has 2 aromatic heterocycles. The molecule has 106 valence electrons. The van der Waals surface area contributed by atoms with Gasteiger partial charge in [0.1, 0.15) is 5.82 Å². The average molecular weight is 344 g/mol. The molecular weight excluding hydrogens is 330 g/mol. The van der Waals surface area contributed by atoms with Crippen LogP contribution in [-0.4, -0.2) is 21.5 Å². The summed E-state index contributed by atoms with van der Waals surface area (Å²) in [7, 11) is 0. The molecule has 3 rings (SSSR count). The molecule has 2 N–H and O–H groups in total. The van der Waals surface area contributed by atoms with Gasteiger partial charge >= 0.3 is 0 Å². The Morgan fingerprint density at radius 3 is 2.86 bits per heavy atom. The molecule has 5 nitrogen and oxygen atoms in total. The number of nitrogens with zero attached hydrogens (tertiary/aromatic N) is 3. The number of hydrogen-bond donors (Lipinski definition) is 2. The van der Waals surface area contributed by atoms with Crippen LogP contribution in [0.3, 0.4) is 0 Å². The van der Waals surface area contributed by atoms with Crippen LogP contribution in [0, 0.1) is 0 Å². The van der Waals surface area contributed by atoms with Crippen molar-refractivity contribution < 1.29 is 0 Å². The minimum Gasteiger partial charge on any atom is -0.354 e. The molecule has 0 aliphatic rings. The van der Waals surface area contributed by atoms with Gasteiger partial charge in [-0.05, 0) is 35.0 Å². The van der Waals surface area contributed by atoms with Crippen molar-refractivity contribution >= 4 is 44.3 Å². The molecule has 0 saturated carbocycles. The molecule has 3 aromatic rings. The summed E-state index contributed by atoms with van der Waals surface area (Å²) in [4.78, 5) is 13.1. The maximum absolute atomic E-state index is 4.46. The van der Waals surface area contributed by atoms with Gasteiger partial charge in [0, 0.05) is 24.3 Å². The van der Waals surface area contributed by atoms with Gasteiger partial charge in [-0.15, -0.1) is 0 Å². The van der Waals surface area contributed by atoms with Gasteiger partial charge in [0.2, 0.25) is 5.95 Å². The zero-order chi connectivity index (χ0) is 14.7. The zero-order valence-electron chi connectivity index (χ0n) is 11.5. The minimum atomic E-state index is 0.594. The maximum atomic E-state index is 4.46. The van der Waals surface area contributed by atoms with E-state index < -0.39 is 0 Å². The fourth-order valence-electron chi connectivity index (χ4n) is 2.03. The molecular formula is C15H14BrN5. The fourth-order valence-corrected chi connectivity index (χ4v) is 2.32. The first-order valence-electron chi connectivity index (χ1n) is 6.65. The van der Waals surface area contributed by atoms with Crippen LogP contribution >= 0.6 is 15.9 Å². The Kier molecular flexibility index (Phi) is 3.96. The molecule has 0 fully saturated rings. The molecule has 0 amide bonds. The van der Waals surface area contributed by atoms with E-state index in [1.54, 1.807) is 12.4 Å². The number of rotatable bonds is 4. The van der Waals surface area contributed by atoms with Crippen LogP contribution in [0.4, 0.5) is 17.5 Å². The number of halogens is 1. The van der Waals surface area contributed by atoms with Gasteiger partial charge < -0.3 is 10.6 Å². The molecule has 0 saturated heterocycles. The van der Waals surface area contributed by atoms with Crippen molar-refractivity contribution in [1.82, 2.24) is 15.0 Å². The highest BCUT2D eigenvalue weighted by Gasteiger charge is 2.08. The van der Waals surface area contributed by atoms with E-state index in [0.717, 1.165) is 27.6 Å². The van der Waals surface area contributed by atoms with Gasteiger partial charge in [-0.1, -0.05) is 18.2 Å². The Labute approximate surface area is 131 Å². The van der Waals surface area contributed by atoms with E-state index in [1.165, 1.54) is 0 Å². The van der Waals surface area contributed by atoms with Crippen molar-refractivity contribution in [3.8, 4) is 0 Å². The van der Waals surface area contributed by atoms with E-state index in [9.17, 15) is 0 Å². The number of fused-ring (bicyclic) bond motifs is 1. The fraction of sp³-hybridized carbons (Fsp3) is 0.133. The molecule has 0 radical (unpaired) electrons. The highest BCUT2D eigenvalue weighted by atomic mass is 79.9. The third kappa shape index (κ3) is 2.95. The lowest BCUT2D eigenvalue weighted by Gasteiger charge is -2.11. The highest BCUT2D eigenvalue weighted by Crippen LogP contribution is 2.28. The van der Waals surface area contributed by atoms with Crippen LogP contribution in [0.1, 0.15) is 6.92 Å². The number of anilines is 3. The molecule has 6 heteroatoms. The normalized spacial score (nSPS) is 10.6. The Bertz CT molecular complexity index is 770. The summed E-state index contributed by atoms with van der Waals surface area (Å²) in [6.45, 7) is 2.78. The third-order valence-corrected chi connectivity index (χ3v) is 3.55. The number of benzene rings is 1. The van der Waals surface area contributed by atoms with Crippen LogP contribution in [0.25, 0.3) is 10.9 Å². The second-order valence-electron chi connectivity index (χ2n) is 4.43. The topological polar surface area (TPSA) is 62.7 Å². The van der Waals surface area contributed by atoms with Crippen molar-refractivity contribution in [2.75, 3.05) is 17.2 Å². The van der Waals surface area contributed by atoms with Crippen LogP contribution in [0.5, 0.6) is 0 Å². The first-order chi connectivity index (χ1) is 10.3. The molecule has 0 unspecified atom stereocenters. The van der Waals surface area contributed by atoms with Gasteiger partial charge in [0.15, 0.2) is 0 Å². The maximum Gasteiger partial charge on any atom is 0.224 e. The zero-order valence-corrected chi connectivity index (χ0v) is 13.1. The number of nitrogens with one attached hydrogen (secondary N) is 2. The lowest BCUT2D eigenvalue weighted by Crippen LogP contribution is -2.04. The average Bonchev–Trinajstić information content (AvgIpc) is 2.51. The van der Waals surface area contributed by atoms with E-state index in [4.69, 9.17) is 0 Å². The van der Waals surface area contributed by atoms with E-state index >= 15 is 0 Å². The third-order valence-electron chi connectivity index (χ3n) is 2.96. The predicted octanol–water partition coefficient (Wildman–Crippen LogP) is 3.96. The van der Waals surface area contributed by atoms with Crippen LogP contribution in [-0.2, 0) is 0 Å². The smallest absolute Gasteiger partial charge is 0.224 e. The summed E-state index contributed by atoms with van der Waals surface area (Å²) >= 11 is 3.47. The summed E-state index contributed by atoms with van der Waals surface area (Å²) in [5, 5.41) is 7.50. The van der Waals surface area contributed by atoms with Gasteiger partial charge in [-0.25, -0.2) is 4.98 Å². The molecule has 1 aromatic carbocycles. The molecule has 0 aliphatic heterocycles. The van der Waals surface area contributed by atoms with Crippen molar-refractivity contribution in [3.05, 3.63) is 47.2 Å². The number of pyridine rings is 1. The summed E-state index contributed by atoms with van der Waals surface area (Å²) in [6, 6.07) is 9.97. The minimum absolute atomic E-state index is 0.594. The SMILES string of the molecule is CCNc1ncc(Br)c(Nc2cccc3cccnc23)n1. The Balaban J connectivity index is 2.00. The highest BCUT2D eigenvalue weighted by molar-refractivity contribution is 9.10. The van der Waals surface area contributed by atoms with Gasteiger partial charge in [-0.3, -0.25) is 4.98 Å².